The van der Waals surface area contributed by atoms with Gasteiger partial charge in [-0.2, -0.15) is 0 Å². The highest BCUT2D eigenvalue weighted by Gasteiger charge is 2.08. The number of nitrogens with zero attached hydrogens (tertiary/aromatic N) is 1. The summed E-state index contributed by atoms with van der Waals surface area (Å²) in [4.78, 5) is 3.72. The summed E-state index contributed by atoms with van der Waals surface area (Å²) in [7, 11) is 0. The smallest absolute Gasteiger partial charge is 0.128 e. The van der Waals surface area contributed by atoms with E-state index in [2.05, 4.69) is 11.7 Å². The van der Waals surface area contributed by atoms with E-state index in [1.807, 2.05) is 6.92 Å². The van der Waals surface area contributed by atoms with Gasteiger partial charge in [-0.3, -0.25) is 4.99 Å². The van der Waals surface area contributed by atoms with E-state index in [0.717, 1.165) is 5.76 Å². The normalized spacial score (nSPS) is 9.80. The number of hydrogen-bond acceptors (Lipinski definition) is 3. The molecule has 0 saturated heterocycles. The molecule has 3 heteroatoms. The lowest BCUT2D eigenvalue weighted by atomic mass is 10.3. The SMILES string of the molecule is C=Nc1c(C)oc(C)c1N. The summed E-state index contributed by atoms with van der Waals surface area (Å²) in [6.45, 7) is 6.99. The van der Waals surface area contributed by atoms with Gasteiger partial charge >= 0.3 is 0 Å². The van der Waals surface area contributed by atoms with Crippen LogP contribution >= 0.6 is 0 Å². The molecule has 54 valence electrons. The minimum atomic E-state index is 0.590. The summed E-state index contributed by atoms with van der Waals surface area (Å²) in [5.74, 6) is 1.44. The summed E-state index contributed by atoms with van der Waals surface area (Å²) in [6, 6.07) is 0. The third-order valence-electron chi connectivity index (χ3n) is 1.43. The topological polar surface area (TPSA) is 51.5 Å². The number of nitrogen functional groups attached to an aromatic ring is 1. The number of furan rings is 1. The quantitative estimate of drug-likeness (QED) is 0.601. The number of hydrogen-bond donors (Lipinski definition) is 1. The lowest BCUT2D eigenvalue weighted by Gasteiger charge is -1.87. The predicted octanol–water partition coefficient (Wildman–Crippen LogP) is 1.81. The fraction of sp³-hybridized carbons (Fsp3) is 0.286. The second-order valence-electron chi connectivity index (χ2n) is 2.13. The van der Waals surface area contributed by atoms with Gasteiger partial charge in [0.05, 0.1) is 5.69 Å². The summed E-state index contributed by atoms with van der Waals surface area (Å²) in [5, 5.41) is 0. The Kier molecular flexibility index (Phi) is 1.49. The maximum atomic E-state index is 5.59. The van der Waals surface area contributed by atoms with Gasteiger partial charge in [0.25, 0.3) is 0 Å². The highest BCUT2D eigenvalue weighted by molar-refractivity contribution is 5.69. The van der Waals surface area contributed by atoms with E-state index in [4.69, 9.17) is 10.2 Å². The maximum Gasteiger partial charge on any atom is 0.128 e. The van der Waals surface area contributed by atoms with Crippen molar-refractivity contribution in [3.8, 4) is 0 Å². The largest absolute Gasteiger partial charge is 0.462 e. The monoisotopic (exact) mass is 138 g/mol. The molecule has 2 N–H and O–H groups in total. The average Bonchev–Trinajstić information content (AvgIpc) is 2.09. The van der Waals surface area contributed by atoms with Crippen LogP contribution in [-0.2, 0) is 0 Å². The molecule has 0 unspecified atom stereocenters. The molecule has 1 rings (SSSR count). The van der Waals surface area contributed by atoms with Gasteiger partial charge in [-0.1, -0.05) is 0 Å². The molecule has 0 bridgehead atoms. The zero-order valence-corrected chi connectivity index (χ0v) is 6.14. The van der Waals surface area contributed by atoms with Crippen LogP contribution in [0.4, 0.5) is 11.4 Å². The molecule has 1 aromatic heterocycles. The Morgan fingerprint density at radius 2 is 2.00 bits per heavy atom. The number of rotatable bonds is 1. The number of aliphatic imine (C=N–C) groups is 1. The molecule has 3 nitrogen and oxygen atoms in total. The Hall–Kier alpha value is -1.25. The lowest BCUT2D eigenvalue weighted by Crippen LogP contribution is -1.82. The highest BCUT2D eigenvalue weighted by atomic mass is 16.3. The summed E-state index contributed by atoms with van der Waals surface area (Å²) >= 11 is 0. The Bertz CT molecular complexity index is 263. The van der Waals surface area contributed by atoms with Gasteiger partial charge in [0.15, 0.2) is 0 Å². The van der Waals surface area contributed by atoms with Gasteiger partial charge in [-0.25, -0.2) is 0 Å². The molecule has 0 spiro atoms. The van der Waals surface area contributed by atoms with Gasteiger partial charge in [0, 0.05) is 0 Å². The van der Waals surface area contributed by atoms with Crippen LogP contribution in [0.15, 0.2) is 9.41 Å². The minimum absolute atomic E-state index is 0.590. The van der Waals surface area contributed by atoms with Crippen LogP contribution in [0, 0.1) is 13.8 Å². The second-order valence-corrected chi connectivity index (χ2v) is 2.13. The standard InChI is InChI=1S/C7H10N2O/c1-4-6(8)7(9-3)5(2)10-4/h3,8H2,1-2H3. The van der Waals surface area contributed by atoms with Gasteiger partial charge in [0.1, 0.15) is 17.2 Å². The van der Waals surface area contributed by atoms with Crippen molar-refractivity contribution >= 4 is 18.1 Å². The van der Waals surface area contributed by atoms with Crippen LogP contribution in [0.2, 0.25) is 0 Å². The van der Waals surface area contributed by atoms with E-state index in [1.165, 1.54) is 0 Å². The molecular weight excluding hydrogens is 128 g/mol. The maximum absolute atomic E-state index is 5.59. The van der Waals surface area contributed by atoms with Crippen LogP contribution in [-0.4, -0.2) is 6.72 Å². The molecule has 0 saturated carbocycles. The first-order chi connectivity index (χ1) is 4.66. The molecule has 0 atom stereocenters. The average molecular weight is 138 g/mol. The zero-order valence-electron chi connectivity index (χ0n) is 6.14. The van der Waals surface area contributed by atoms with Gasteiger partial charge in [0.2, 0.25) is 0 Å². The highest BCUT2D eigenvalue weighted by Crippen LogP contribution is 2.31. The van der Waals surface area contributed by atoms with Gasteiger partial charge < -0.3 is 10.2 Å². The molecule has 0 fully saturated rings. The number of anilines is 1. The van der Waals surface area contributed by atoms with Crippen molar-refractivity contribution in [2.45, 2.75) is 13.8 Å². The summed E-state index contributed by atoms with van der Waals surface area (Å²) in [5.41, 5.74) is 6.84. The number of nitrogens with two attached hydrogens (primary N) is 1. The van der Waals surface area contributed by atoms with Crippen molar-refractivity contribution in [3.05, 3.63) is 11.5 Å². The Morgan fingerprint density at radius 1 is 1.40 bits per heavy atom. The summed E-state index contributed by atoms with van der Waals surface area (Å²) < 4.78 is 5.18. The third kappa shape index (κ3) is 0.795. The third-order valence-corrected chi connectivity index (χ3v) is 1.43. The molecule has 0 aliphatic carbocycles. The van der Waals surface area contributed by atoms with E-state index < -0.39 is 0 Å². The Morgan fingerprint density at radius 3 is 2.20 bits per heavy atom. The van der Waals surface area contributed by atoms with E-state index in [0.29, 0.717) is 17.1 Å². The van der Waals surface area contributed by atoms with Gasteiger partial charge in [-0.05, 0) is 20.6 Å². The molecule has 0 amide bonds. The van der Waals surface area contributed by atoms with E-state index in [-0.39, 0.29) is 0 Å². The van der Waals surface area contributed by atoms with E-state index >= 15 is 0 Å². The molecule has 0 radical (unpaired) electrons. The number of aryl methyl sites for hydroxylation is 2. The Labute approximate surface area is 59.6 Å². The van der Waals surface area contributed by atoms with Gasteiger partial charge in [-0.15, -0.1) is 0 Å². The van der Waals surface area contributed by atoms with Crippen molar-refractivity contribution in [1.29, 1.82) is 0 Å². The first-order valence-corrected chi connectivity index (χ1v) is 2.99. The predicted molar refractivity (Wildman–Crippen MR) is 41.8 cm³/mol. The van der Waals surface area contributed by atoms with Crippen molar-refractivity contribution in [2.24, 2.45) is 4.99 Å². The van der Waals surface area contributed by atoms with E-state index in [9.17, 15) is 0 Å². The molecule has 0 aliphatic heterocycles. The molecule has 0 aliphatic rings. The van der Waals surface area contributed by atoms with Crippen LogP contribution in [0.3, 0.4) is 0 Å². The Balaban J connectivity index is 3.33. The molecule has 10 heavy (non-hydrogen) atoms. The van der Waals surface area contributed by atoms with Crippen molar-refractivity contribution in [1.82, 2.24) is 0 Å². The minimum Gasteiger partial charge on any atom is -0.462 e. The first kappa shape index (κ1) is 6.86. The molecular formula is C7H10N2O. The molecule has 0 aromatic carbocycles. The van der Waals surface area contributed by atoms with Crippen LogP contribution < -0.4 is 5.73 Å². The first-order valence-electron chi connectivity index (χ1n) is 2.99. The zero-order chi connectivity index (χ0) is 7.72. The fourth-order valence-electron chi connectivity index (χ4n) is 0.886. The van der Waals surface area contributed by atoms with Crippen molar-refractivity contribution in [3.63, 3.8) is 0 Å². The molecule has 1 aromatic rings. The lowest BCUT2D eigenvalue weighted by molar-refractivity contribution is 0.506. The second kappa shape index (κ2) is 2.17. The fourth-order valence-corrected chi connectivity index (χ4v) is 0.886. The summed E-state index contributed by atoms with van der Waals surface area (Å²) in [6.07, 6.45) is 0. The van der Waals surface area contributed by atoms with Crippen LogP contribution in [0.25, 0.3) is 0 Å². The van der Waals surface area contributed by atoms with E-state index in [1.54, 1.807) is 6.92 Å². The van der Waals surface area contributed by atoms with Crippen molar-refractivity contribution in [2.75, 3.05) is 5.73 Å². The van der Waals surface area contributed by atoms with Crippen LogP contribution in [0.1, 0.15) is 11.5 Å². The van der Waals surface area contributed by atoms with Crippen LogP contribution in [0.5, 0.6) is 0 Å². The van der Waals surface area contributed by atoms with Crippen molar-refractivity contribution < 1.29 is 4.42 Å². The molecule has 1 heterocycles.